The van der Waals surface area contributed by atoms with Crippen molar-refractivity contribution < 1.29 is 0 Å². The minimum atomic E-state index is 0.437. The Balaban J connectivity index is 2.92. The Bertz CT molecular complexity index is 284. The van der Waals surface area contributed by atoms with Crippen molar-refractivity contribution in [3.8, 4) is 0 Å². The molecule has 0 heterocycles. The zero-order chi connectivity index (χ0) is 9.84. The van der Waals surface area contributed by atoms with Gasteiger partial charge in [0.2, 0.25) is 0 Å². The third kappa shape index (κ3) is 3.01. The monoisotopic (exact) mass is 242 g/mol. The maximum absolute atomic E-state index is 5.63. The second-order valence-electron chi connectivity index (χ2n) is 3.30. The van der Waals surface area contributed by atoms with Crippen LogP contribution < -0.4 is 11.1 Å². The molecule has 0 aliphatic carbocycles. The van der Waals surface area contributed by atoms with E-state index in [0.29, 0.717) is 12.6 Å². The number of hydrogen-bond acceptors (Lipinski definition) is 2. The van der Waals surface area contributed by atoms with E-state index in [2.05, 4.69) is 35.1 Å². The molecule has 3 heteroatoms. The number of nitrogens with one attached hydrogen (secondary N) is 1. The summed E-state index contributed by atoms with van der Waals surface area (Å²) in [6.45, 7) is 4.79. The zero-order valence-corrected chi connectivity index (χ0v) is 9.56. The van der Waals surface area contributed by atoms with Crippen molar-refractivity contribution in [2.24, 2.45) is 5.73 Å². The summed E-state index contributed by atoms with van der Waals surface area (Å²) < 4.78 is 1.07. The van der Waals surface area contributed by atoms with Gasteiger partial charge >= 0.3 is 0 Å². The van der Waals surface area contributed by atoms with Crippen molar-refractivity contribution in [2.75, 3.05) is 5.32 Å². The van der Waals surface area contributed by atoms with Crippen LogP contribution in [0.2, 0.25) is 0 Å². The van der Waals surface area contributed by atoms with Gasteiger partial charge in [0, 0.05) is 22.7 Å². The lowest BCUT2D eigenvalue weighted by Gasteiger charge is -2.13. The molecule has 0 saturated heterocycles. The highest BCUT2D eigenvalue weighted by molar-refractivity contribution is 9.10. The largest absolute Gasteiger partial charge is 0.383 e. The molecule has 0 fully saturated rings. The highest BCUT2D eigenvalue weighted by Gasteiger charge is 2.02. The number of benzene rings is 1. The van der Waals surface area contributed by atoms with E-state index in [9.17, 15) is 0 Å². The van der Waals surface area contributed by atoms with E-state index in [1.807, 2.05) is 18.2 Å². The fourth-order valence-electron chi connectivity index (χ4n) is 1.18. The summed E-state index contributed by atoms with van der Waals surface area (Å²) in [5.74, 6) is 0. The van der Waals surface area contributed by atoms with E-state index in [4.69, 9.17) is 5.73 Å². The first-order chi connectivity index (χ1) is 6.13. The SMILES string of the molecule is CC(C)Nc1ccc(Br)cc1CN. The van der Waals surface area contributed by atoms with E-state index < -0.39 is 0 Å². The van der Waals surface area contributed by atoms with Crippen molar-refractivity contribution in [3.05, 3.63) is 28.2 Å². The van der Waals surface area contributed by atoms with Crippen LogP contribution >= 0.6 is 15.9 Å². The number of hydrogen-bond donors (Lipinski definition) is 2. The number of anilines is 1. The molecule has 0 radical (unpaired) electrons. The van der Waals surface area contributed by atoms with Crippen molar-refractivity contribution in [2.45, 2.75) is 26.4 Å². The van der Waals surface area contributed by atoms with Gasteiger partial charge in [0.05, 0.1) is 0 Å². The van der Waals surface area contributed by atoms with Crippen LogP contribution in [0.1, 0.15) is 19.4 Å². The molecule has 1 aromatic rings. The normalized spacial score (nSPS) is 10.5. The van der Waals surface area contributed by atoms with Gasteiger partial charge in [-0.25, -0.2) is 0 Å². The van der Waals surface area contributed by atoms with E-state index in [1.54, 1.807) is 0 Å². The van der Waals surface area contributed by atoms with Crippen LogP contribution in [0, 0.1) is 0 Å². The summed E-state index contributed by atoms with van der Waals surface area (Å²) in [6.07, 6.45) is 0. The van der Waals surface area contributed by atoms with Crippen LogP contribution in [-0.4, -0.2) is 6.04 Å². The molecule has 1 rings (SSSR count). The first-order valence-electron chi connectivity index (χ1n) is 4.38. The third-order valence-corrected chi connectivity index (χ3v) is 2.22. The Labute approximate surface area is 87.6 Å². The van der Waals surface area contributed by atoms with Crippen molar-refractivity contribution in [1.29, 1.82) is 0 Å². The number of nitrogens with two attached hydrogens (primary N) is 1. The fraction of sp³-hybridized carbons (Fsp3) is 0.400. The maximum atomic E-state index is 5.63. The van der Waals surface area contributed by atoms with Gasteiger partial charge in [0.15, 0.2) is 0 Å². The highest BCUT2D eigenvalue weighted by atomic mass is 79.9. The Hall–Kier alpha value is -0.540. The highest BCUT2D eigenvalue weighted by Crippen LogP contribution is 2.21. The molecular formula is C10H15BrN2. The van der Waals surface area contributed by atoms with Crippen LogP contribution in [-0.2, 0) is 6.54 Å². The summed E-state index contributed by atoms with van der Waals surface area (Å²) in [5.41, 5.74) is 7.90. The van der Waals surface area contributed by atoms with Crippen molar-refractivity contribution >= 4 is 21.6 Å². The average Bonchev–Trinajstić information content (AvgIpc) is 2.07. The predicted octanol–water partition coefficient (Wildman–Crippen LogP) is 2.73. The molecule has 13 heavy (non-hydrogen) atoms. The van der Waals surface area contributed by atoms with Gasteiger partial charge in [0.25, 0.3) is 0 Å². The van der Waals surface area contributed by atoms with E-state index in [-0.39, 0.29) is 0 Å². The molecule has 0 aliphatic rings. The quantitative estimate of drug-likeness (QED) is 0.856. The first kappa shape index (κ1) is 10.5. The molecule has 0 unspecified atom stereocenters. The Morgan fingerprint density at radius 3 is 2.69 bits per heavy atom. The van der Waals surface area contributed by atoms with Gasteiger partial charge < -0.3 is 11.1 Å². The molecule has 0 saturated carbocycles. The van der Waals surface area contributed by atoms with Crippen LogP contribution in [0.5, 0.6) is 0 Å². The van der Waals surface area contributed by atoms with Crippen molar-refractivity contribution in [3.63, 3.8) is 0 Å². The van der Waals surface area contributed by atoms with Crippen molar-refractivity contribution in [1.82, 2.24) is 0 Å². The Morgan fingerprint density at radius 1 is 1.46 bits per heavy atom. The van der Waals surface area contributed by atoms with Gasteiger partial charge in [-0.05, 0) is 37.6 Å². The standard InChI is InChI=1S/C10H15BrN2/c1-7(2)13-10-4-3-9(11)5-8(10)6-12/h3-5,7,13H,6,12H2,1-2H3. The van der Waals surface area contributed by atoms with Crippen LogP contribution in [0.3, 0.4) is 0 Å². The van der Waals surface area contributed by atoms with E-state index in [0.717, 1.165) is 15.7 Å². The minimum Gasteiger partial charge on any atom is -0.383 e. The zero-order valence-electron chi connectivity index (χ0n) is 7.97. The van der Waals surface area contributed by atoms with Gasteiger partial charge in [-0.1, -0.05) is 15.9 Å². The Morgan fingerprint density at radius 2 is 2.15 bits per heavy atom. The van der Waals surface area contributed by atoms with Crippen LogP contribution in [0.4, 0.5) is 5.69 Å². The summed E-state index contributed by atoms with van der Waals surface area (Å²) in [6, 6.07) is 6.55. The average molecular weight is 243 g/mol. The lowest BCUT2D eigenvalue weighted by molar-refractivity contribution is 0.892. The molecule has 0 aliphatic heterocycles. The lowest BCUT2D eigenvalue weighted by Crippen LogP contribution is -2.12. The van der Waals surface area contributed by atoms with Gasteiger partial charge in [-0.3, -0.25) is 0 Å². The van der Waals surface area contributed by atoms with Gasteiger partial charge in [-0.2, -0.15) is 0 Å². The summed E-state index contributed by atoms with van der Waals surface area (Å²) in [4.78, 5) is 0. The molecule has 0 bridgehead atoms. The molecule has 0 aromatic heterocycles. The van der Waals surface area contributed by atoms with Crippen LogP contribution in [0.15, 0.2) is 22.7 Å². The second-order valence-corrected chi connectivity index (χ2v) is 4.22. The van der Waals surface area contributed by atoms with E-state index in [1.165, 1.54) is 0 Å². The smallest absolute Gasteiger partial charge is 0.0388 e. The van der Waals surface area contributed by atoms with E-state index >= 15 is 0 Å². The molecule has 2 nitrogen and oxygen atoms in total. The lowest BCUT2D eigenvalue weighted by atomic mass is 10.1. The Kier molecular flexibility index (Phi) is 3.75. The number of halogens is 1. The second kappa shape index (κ2) is 4.63. The van der Waals surface area contributed by atoms with Gasteiger partial charge in [-0.15, -0.1) is 0 Å². The molecule has 0 spiro atoms. The molecule has 0 amide bonds. The van der Waals surface area contributed by atoms with Gasteiger partial charge in [0.1, 0.15) is 0 Å². The minimum absolute atomic E-state index is 0.437. The fourth-order valence-corrected chi connectivity index (χ4v) is 1.59. The molecule has 72 valence electrons. The summed E-state index contributed by atoms with van der Waals surface area (Å²) in [5, 5.41) is 3.35. The topological polar surface area (TPSA) is 38.0 Å². The molecule has 3 N–H and O–H groups in total. The molecule has 1 aromatic carbocycles. The summed E-state index contributed by atoms with van der Waals surface area (Å²) >= 11 is 3.42. The maximum Gasteiger partial charge on any atom is 0.0388 e. The van der Waals surface area contributed by atoms with Crippen LogP contribution in [0.25, 0.3) is 0 Å². The first-order valence-corrected chi connectivity index (χ1v) is 5.18. The number of rotatable bonds is 3. The third-order valence-electron chi connectivity index (χ3n) is 1.73. The molecule has 0 atom stereocenters. The summed E-state index contributed by atoms with van der Waals surface area (Å²) in [7, 11) is 0. The predicted molar refractivity (Wildman–Crippen MR) is 60.8 cm³/mol. The molecular weight excluding hydrogens is 228 g/mol.